The van der Waals surface area contributed by atoms with Crippen molar-refractivity contribution in [3.8, 4) is 5.75 Å². The van der Waals surface area contributed by atoms with Gasteiger partial charge in [-0.15, -0.1) is 0 Å². The van der Waals surface area contributed by atoms with E-state index in [0.717, 1.165) is 21.9 Å². The number of fused-ring (bicyclic) bond motifs is 1. The van der Waals surface area contributed by atoms with Crippen LogP contribution in [0.4, 0.5) is 0 Å². The molecule has 120 valence electrons. The third kappa shape index (κ3) is 3.27. The molecule has 0 aliphatic carbocycles. The molecule has 0 aliphatic heterocycles. The van der Waals surface area contributed by atoms with Crippen molar-refractivity contribution in [1.82, 2.24) is 5.43 Å². The number of hydrogen-bond donors (Lipinski definition) is 1. The van der Waals surface area contributed by atoms with Crippen LogP contribution >= 0.6 is 0 Å². The minimum atomic E-state index is -0.302. The van der Waals surface area contributed by atoms with E-state index in [1.165, 1.54) is 0 Å². The summed E-state index contributed by atoms with van der Waals surface area (Å²) in [5, 5.41) is 6.31. The van der Waals surface area contributed by atoms with Crippen LogP contribution in [0.25, 0.3) is 10.8 Å². The zero-order chi connectivity index (χ0) is 16.9. The van der Waals surface area contributed by atoms with E-state index in [4.69, 9.17) is 4.74 Å². The van der Waals surface area contributed by atoms with Gasteiger partial charge in [0.25, 0.3) is 5.91 Å². The van der Waals surface area contributed by atoms with Gasteiger partial charge in [0.05, 0.1) is 18.9 Å². The van der Waals surface area contributed by atoms with E-state index in [9.17, 15) is 4.79 Å². The number of nitrogens with one attached hydrogen (secondary N) is 1. The maximum atomic E-state index is 12.3. The highest BCUT2D eigenvalue weighted by Gasteiger charge is 2.11. The summed E-state index contributed by atoms with van der Waals surface area (Å²) in [5.74, 6) is 0.233. The zero-order valence-corrected chi connectivity index (χ0v) is 13.6. The molecule has 0 atom stereocenters. The van der Waals surface area contributed by atoms with Crippen molar-refractivity contribution in [3.05, 3.63) is 77.4 Å². The minimum absolute atomic E-state index is 0.302. The number of nitrogens with zero attached hydrogens (tertiary/aromatic N) is 1. The van der Waals surface area contributed by atoms with E-state index in [1.807, 2.05) is 61.5 Å². The number of aryl methyl sites for hydroxylation is 1. The number of rotatable bonds is 4. The fourth-order valence-electron chi connectivity index (χ4n) is 2.57. The van der Waals surface area contributed by atoms with Crippen LogP contribution in [0.15, 0.2) is 65.8 Å². The van der Waals surface area contributed by atoms with Crippen molar-refractivity contribution in [2.45, 2.75) is 6.92 Å². The third-order valence-electron chi connectivity index (χ3n) is 3.79. The van der Waals surface area contributed by atoms with E-state index in [0.29, 0.717) is 11.3 Å². The zero-order valence-electron chi connectivity index (χ0n) is 13.6. The van der Waals surface area contributed by atoms with Gasteiger partial charge in [0.2, 0.25) is 0 Å². The van der Waals surface area contributed by atoms with Gasteiger partial charge in [0, 0.05) is 5.56 Å². The van der Waals surface area contributed by atoms with Crippen LogP contribution in [0.3, 0.4) is 0 Å². The summed E-state index contributed by atoms with van der Waals surface area (Å²) in [4.78, 5) is 12.3. The first-order chi connectivity index (χ1) is 11.7. The summed E-state index contributed by atoms with van der Waals surface area (Å²) in [6.07, 6.45) is 1.65. The van der Waals surface area contributed by atoms with Gasteiger partial charge < -0.3 is 4.74 Å². The molecule has 0 aliphatic rings. The molecular weight excluding hydrogens is 300 g/mol. The first-order valence-corrected chi connectivity index (χ1v) is 7.65. The molecule has 4 heteroatoms. The smallest absolute Gasteiger partial charge is 0.275 e. The van der Waals surface area contributed by atoms with Gasteiger partial charge >= 0.3 is 0 Å². The summed E-state index contributed by atoms with van der Waals surface area (Å²) < 4.78 is 5.26. The van der Waals surface area contributed by atoms with Gasteiger partial charge in [-0.1, -0.05) is 48.5 Å². The summed E-state index contributed by atoms with van der Waals surface area (Å²) >= 11 is 0. The molecule has 0 heterocycles. The molecule has 4 nitrogen and oxygen atoms in total. The maximum Gasteiger partial charge on any atom is 0.275 e. The van der Waals surface area contributed by atoms with Gasteiger partial charge in [-0.25, -0.2) is 5.43 Å². The Morgan fingerprint density at radius 1 is 1.08 bits per heavy atom. The van der Waals surface area contributed by atoms with Gasteiger partial charge in [0.1, 0.15) is 5.75 Å². The van der Waals surface area contributed by atoms with Gasteiger partial charge in [-0.2, -0.15) is 5.10 Å². The van der Waals surface area contributed by atoms with Crippen molar-refractivity contribution in [2.24, 2.45) is 5.10 Å². The third-order valence-corrected chi connectivity index (χ3v) is 3.79. The van der Waals surface area contributed by atoms with E-state index >= 15 is 0 Å². The number of hydrogen-bond acceptors (Lipinski definition) is 3. The summed E-state index contributed by atoms with van der Waals surface area (Å²) in [6.45, 7) is 1.95. The fourth-order valence-corrected chi connectivity index (χ4v) is 2.57. The Bertz CT molecular complexity index is 911. The minimum Gasteiger partial charge on any atom is -0.496 e. The number of ether oxygens (including phenoxy) is 1. The number of hydrazone groups is 1. The van der Waals surface area contributed by atoms with E-state index in [1.54, 1.807) is 19.4 Å². The Hall–Kier alpha value is -3.14. The Balaban J connectivity index is 1.80. The molecule has 0 unspecified atom stereocenters. The average molecular weight is 318 g/mol. The predicted molar refractivity (Wildman–Crippen MR) is 96.7 cm³/mol. The molecular formula is C20H18N2O2. The summed E-state index contributed by atoms with van der Waals surface area (Å²) in [5.41, 5.74) is 4.99. The standard InChI is InChI=1S/C20H18N2O2/c1-14-10-11-18(19(12-14)24-2)20(23)22-21-13-16-8-5-7-15-6-3-4-9-17(15)16/h3-13H,1-2H3,(H,22,23)/b21-13-. The van der Waals surface area contributed by atoms with Gasteiger partial charge in [-0.05, 0) is 35.4 Å². The van der Waals surface area contributed by atoms with Crippen LogP contribution in [-0.4, -0.2) is 19.2 Å². The lowest BCUT2D eigenvalue weighted by Crippen LogP contribution is -2.18. The topological polar surface area (TPSA) is 50.7 Å². The van der Waals surface area contributed by atoms with Crippen molar-refractivity contribution in [3.63, 3.8) is 0 Å². The second-order valence-electron chi connectivity index (χ2n) is 5.47. The number of methoxy groups -OCH3 is 1. The molecule has 0 saturated carbocycles. The highest BCUT2D eigenvalue weighted by Crippen LogP contribution is 2.20. The Morgan fingerprint density at radius 3 is 2.71 bits per heavy atom. The average Bonchev–Trinajstić information content (AvgIpc) is 2.61. The molecule has 0 saturated heterocycles. The predicted octanol–water partition coefficient (Wildman–Crippen LogP) is 3.92. The molecule has 0 radical (unpaired) electrons. The molecule has 0 bridgehead atoms. The van der Waals surface area contributed by atoms with Crippen LogP contribution in [0.5, 0.6) is 5.75 Å². The van der Waals surface area contributed by atoms with Crippen LogP contribution < -0.4 is 10.2 Å². The number of amides is 1. The largest absolute Gasteiger partial charge is 0.496 e. The first-order valence-electron chi connectivity index (χ1n) is 7.65. The second kappa shape index (κ2) is 6.96. The van der Waals surface area contributed by atoms with Gasteiger partial charge in [-0.3, -0.25) is 4.79 Å². The number of benzene rings is 3. The Morgan fingerprint density at radius 2 is 1.88 bits per heavy atom. The molecule has 1 N–H and O–H groups in total. The lowest BCUT2D eigenvalue weighted by molar-refractivity contribution is 0.0952. The van der Waals surface area contributed by atoms with E-state index in [2.05, 4.69) is 10.5 Å². The van der Waals surface area contributed by atoms with Crippen LogP contribution in [0.1, 0.15) is 21.5 Å². The fraction of sp³-hybridized carbons (Fsp3) is 0.100. The molecule has 3 aromatic rings. The highest BCUT2D eigenvalue weighted by molar-refractivity contribution is 6.01. The number of carbonyl (C=O) groups excluding carboxylic acids is 1. The lowest BCUT2D eigenvalue weighted by atomic mass is 10.1. The Labute approximate surface area is 140 Å². The lowest BCUT2D eigenvalue weighted by Gasteiger charge is -2.07. The normalized spacial score (nSPS) is 10.9. The molecule has 24 heavy (non-hydrogen) atoms. The molecule has 0 aromatic heterocycles. The molecule has 3 rings (SSSR count). The molecule has 0 spiro atoms. The molecule has 3 aromatic carbocycles. The van der Waals surface area contributed by atoms with E-state index < -0.39 is 0 Å². The van der Waals surface area contributed by atoms with Crippen molar-refractivity contribution >= 4 is 22.9 Å². The van der Waals surface area contributed by atoms with Crippen molar-refractivity contribution in [2.75, 3.05) is 7.11 Å². The monoisotopic (exact) mass is 318 g/mol. The van der Waals surface area contributed by atoms with Crippen molar-refractivity contribution in [1.29, 1.82) is 0 Å². The molecule has 1 amide bonds. The van der Waals surface area contributed by atoms with Gasteiger partial charge in [0.15, 0.2) is 0 Å². The Kier molecular flexibility index (Phi) is 4.57. The van der Waals surface area contributed by atoms with E-state index in [-0.39, 0.29) is 5.91 Å². The number of carbonyl (C=O) groups is 1. The van der Waals surface area contributed by atoms with Crippen LogP contribution in [0.2, 0.25) is 0 Å². The maximum absolute atomic E-state index is 12.3. The summed E-state index contributed by atoms with van der Waals surface area (Å²) in [6, 6.07) is 19.4. The SMILES string of the molecule is COc1cc(C)ccc1C(=O)N/N=C\c1cccc2ccccc12. The van der Waals surface area contributed by atoms with Crippen LogP contribution in [0, 0.1) is 6.92 Å². The first kappa shape index (κ1) is 15.7. The quantitative estimate of drug-likeness (QED) is 0.585. The second-order valence-corrected chi connectivity index (χ2v) is 5.47. The summed E-state index contributed by atoms with van der Waals surface area (Å²) in [7, 11) is 1.55. The van der Waals surface area contributed by atoms with Crippen molar-refractivity contribution < 1.29 is 9.53 Å². The molecule has 0 fully saturated rings. The highest BCUT2D eigenvalue weighted by atomic mass is 16.5. The van der Waals surface area contributed by atoms with Crippen LogP contribution in [-0.2, 0) is 0 Å².